The van der Waals surface area contributed by atoms with Crippen molar-refractivity contribution in [1.29, 1.82) is 0 Å². The smallest absolute Gasteiger partial charge is 0.282 e. The number of para-hydroxylation sites is 1. The van der Waals surface area contributed by atoms with E-state index in [0.717, 1.165) is 6.42 Å². The molecule has 17 heavy (non-hydrogen) atoms. The second-order valence-corrected chi connectivity index (χ2v) is 4.92. The van der Waals surface area contributed by atoms with E-state index in [9.17, 15) is 15.2 Å². The number of thioether (sulfide) groups is 1. The number of nitro groups is 1. The van der Waals surface area contributed by atoms with Crippen molar-refractivity contribution in [2.24, 2.45) is 5.73 Å². The quantitative estimate of drug-likeness (QED) is 0.460. The minimum atomic E-state index is -0.422. The molecule has 1 rings (SSSR count). The Morgan fingerprint density at radius 2 is 2.18 bits per heavy atom. The molecule has 0 spiro atoms. The van der Waals surface area contributed by atoms with Gasteiger partial charge in [0.15, 0.2) is 0 Å². The van der Waals surface area contributed by atoms with E-state index in [0.29, 0.717) is 4.90 Å². The molecule has 0 amide bonds. The highest BCUT2D eigenvalue weighted by Gasteiger charge is 2.21. The molecule has 0 saturated heterocycles. The lowest BCUT2D eigenvalue weighted by molar-refractivity contribution is -0.387. The van der Waals surface area contributed by atoms with E-state index >= 15 is 0 Å². The van der Waals surface area contributed by atoms with Crippen LogP contribution < -0.4 is 5.73 Å². The van der Waals surface area contributed by atoms with E-state index in [1.54, 1.807) is 18.2 Å². The third-order valence-electron chi connectivity index (χ3n) is 2.47. The molecule has 3 N–H and O–H groups in total. The third-order valence-corrected chi connectivity index (χ3v) is 3.87. The van der Waals surface area contributed by atoms with Crippen LogP contribution in [-0.2, 0) is 0 Å². The number of aliphatic hydroxyl groups is 1. The first-order valence-corrected chi connectivity index (χ1v) is 6.24. The maximum atomic E-state index is 10.8. The lowest BCUT2D eigenvalue weighted by atomic mass is 10.2. The molecule has 2 atom stereocenters. The van der Waals surface area contributed by atoms with Gasteiger partial charge in [-0.25, -0.2) is 0 Å². The molecule has 94 valence electrons. The summed E-state index contributed by atoms with van der Waals surface area (Å²) in [4.78, 5) is 10.9. The summed E-state index contributed by atoms with van der Waals surface area (Å²) in [5.41, 5.74) is 5.91. The normalized spacial score (nSPS) is 14.3. The van der Waals surface area contributed by atoms with Gasteiger partial charge in [0, 0.05) is 17.4 Å². The molecular weight excluding hydrogens is 240 g/mol. The van der Waals surface area contributed by atoms with Crippen LogP contribution in [0.2, 0.25) is 0 Å². The Hall–Kier alpha value is -1.11. The van der Waals surface area contributed by atoms with Crippen LogP contribution in [0.3, 0.4) is 0 Å². The second-order valence-electron chi connectivity index (χ2n) is 3.64. The zero-order valence-electron chi connectivity index (χ0n) is 9.57. The van der Waals surface area contributed by atoms with Crippen LogP contribution in [0, 0.1) is 10.1 Å². The fourth-order valence-corrected chi connectivity index (χ4v) is 2.58. The zero-order chi connectivity index (χ0) is 12.8. The maximum Gasteiger partial charge on any atom is 0.282 e. The largest absolute Gasteiger partial charge is 0.395 e. The minimum Gasteiger partial charge on any atom is -0.395 e. The lowest BCUT2D eigenvalue weighted by Gasteiger charge is -2.19. The van der Waals surface area contributed by atoms with Gasteiger partial charge in [-0.05, 0) is 12.5 Å². The van der Waals surface area contributed by atoms with Gasteiger partial charge in [-0.15, -0.1) is 11.8 Å². The number of nitro benzene ring substituents is 1. The molecular formula is C11H16N2O3S. The number of nitrogens with zero attached hydrogens (tertiary/aromatic N) is 1. The van der Waals surface area contributed by atoms with E-state index in [4.69, 9.17) is 5.73 Å². The Kier molecular flexibility index (Phi) is 5.40. The van der Waals surface area contributed by atoms with E-state index in [-0.39, 0.29) is 23.6 Å². The Morgan fingerprint density at radius 3 is 2.71 bits per heavy atom. The first-order chi connectivity index (χ1) is 8.10. The van der Waals surface area contributed by atoms with Crippen LogP contribution in [0.15, 0.2) is 29.2 Å². The van der Waals surface area contributed by atoms with Crippen molar-refractivity contribution in [3.8, 4) is 0 Å². The fraction of sp³-hybridized carbons (Fsp3) is 0.455. The Labute approximate surface area is 104 Å². The summed E-state index contributed by atoms with van der Waals surface area (Å²) in [6.45, 7) is 1.83. The van der Waals surface area contributed by atoms with Gasteiger partial charge in [0.2, 0.25) is 0 Å². The van der Waals surface area contributed by atoms with Crippen molar-refractivity contribution < 1.29 is 10.0 Å². The molecule has 0 bridgehead atoms. The predicted octanol–water partition coefficient (Wildman–Crippen LogP) is 1.79. The number of nitrogens with two attached hydrogens (primary N) is 1. The van der Waals surface area contributed by atoms with Crippen molar-refractivity contribution in [2.75, 3.05) is 6.61 Å². The van der Waals surface area contributed by atoms with Gasteiger partial charge < -0.3 is 10.8 Å². The van der Waals surface area contributed by atoms with Crippen LogP contribution in [0.1, 0.15) is 13.3 Å². The molecule has 0 aliphatic rings. The predicted molar refractivity (Wildman–Crippen MR) is 68.1 cm³/mol. The number of aliphatic hydroxyl groups excluding tert-OH is 1. The number of hydrogen-bond donors (Lipinski definition) is 2. The zero-order valence-corrected chi connectivity index (χ0v) is 10.4. The molecule has 6 heteroatoms. The summed E-state index contributed by atoms with van der Waals surface area (Å²) in [5, 5.41) is 19.9. The summed E-state index contributed by atoms with van der Waals surface area (Å²) in [6.07, 6.45) is 0.721. The summed E-state index contributed by atoms with van der Waals surface area (Å²) < 4.78 is 0. The van der Waals surface area contributed by atoms with Crippen molar-refractivity contribution in [3.63, 3.8) is 0 Å². The Morgan fingerprint density at radius 1 is 1.53 bits per heavy atom. The first-order valence-electron chi connectivity index (χ1n) is 5.36. The summed E-state index contributed by atoms with van der Waals surface area (Å²) in [5.74, 6) is 0. The Balaban J connectivity index is 2.89. The first kappa shape index (κ1) is 14.0. The van der Waals surface area contributed by atoms with Gasteiger partial charge in [0.25, 0.3) is 5.69 Å². The number of hydrogen-bond acceptors (Lipinski definition) is 5. The highest BCUT2D eigenvalue weighted by Crippen LogP contribution is 2.32. The molecule has 0 aliphatic carbocycles. The van der Waals surface area contributed by atoms with E-state index < -0.39 is 4.92 Å². The topological polar surface area (TPSA) is 89.4 Å². The lowest BCUT2D eigenvalue weighted by Crippen LogP contribution is -2.34. The van der Waals surface area contributed by atoms with Crippen LogP contribution in [0.4, 0.5) is 5.69 Å². The molecule has 5 nitrogen and oxygen atoms in total. The van der Waals surface area contributed by atoms with Gasteiger partial charge in [0.05, 0.1) is 16.4 Å². The molecule has 0 saturated carbocycles. The summed E-state index contributed by atoms with van der Waals surface area (Å²) >= 11 is 1.26. The average molecular weight is 256 g/mol. The van der Waals surface area contributed by atoms with E-state index in [2.05, 4.69) is 0 Å². The molecule has 0 fully saturated rings. The van der Waals surface area contributed by atoms with Crippen LogP contribution >= 0.6 is 11.8 Å². The molecule has 0 radical (unpaired) electrons. The van der Waals surface area contributed by atoms with Gasteiger partial charge in [0.1, 0.15) is 0 Å². The van der Waals surface area contributed by atoms with Crippen molar-refractivity contribution in [1.82, 2.24) is 0 Å². The Bertz CT molecular complexity index is 387. The second kappa shape index (κ2) is 6.58. The molecule has 0 aromatic heterocycles. The third kappa shape index (κ3) is 3.69. The van der Waals surface area contributed by atoms with Gasteiger partial charge in [-0.1, -0.05) is 19.1 Å². The van der Waals surface area contributed by atoms with Gasteiger partial charge in [-0.2, -0.15) is 0 Å². The van der Waals surface area contributed by atoms with Crippen molar-refractivity contribution in [2.45, 2.75) is 29.5 Å². The molecule has 1 aromatic carbocycles. The van der Waals surface area contributed by atoms with Crippen molar-refractivity contribution >= 4 is 17.4 Å². The molecule has 1 aromatic rings. The van der Waals surface area contributed by atoms with E-state index in [1.165, 1.54) is 17.8 Å². The van der Waals surface area contributed by atoms with Gasteiger partial charge in [-0.3, -0.25) is 10.1 Å². The van der Waals surface area contributed by atoms with Crippen LogP contribution in [0.25, 0.3) is 0 Å². The monoisotopic (exact) mass is 256 g/mol. The standard InChI is InChI=1S/C11H16N2O3S/c1-2-8(12)11(7-14)17-10-6-4-3-5-9(10)13(15)16/h3-6,8,11,14H,2,7,12H2,1H3. The van der Waals surface area contributed by atoms with Crippen molar-refractivity contribution in [3.05, 3.63) is 34.4 Å². The maximum absolute atomic E-state index is 10.8. The number of rotatable bonds is 6. The molecule has 0 heterocycles. The summed E-state index contributed by atoms with van der Waals surface area (Å²) in [7, 11) is 0. The molecule has 0 aliphatic heterocycles. The van der Waals surface area contributed by atoms with Crippen LogP contribution in [-0.4, -0.2) is 27.9 Å². The van der Waals surface area contributed by atoms with E-state index in [1.807, 2.05) is 6.92 Å². The SMILES string of the molecule is CCC(N)C(CO)Sc1ccccc1[N+](=O)[O-]. The van der Waals surface area contributed by atoms with Crippen LogP contribution in [0.5, 0.6) is 0 Å². The molecule has 2 unspecified atom stereocenters. The highest BCUT2D eigenvalue weighted by molar-refractivity contribution is 8.00. The van der Waals surface area contributed by atoms with Gasteiger partial charge >= 0.3 is 0 Å². The fourth-order valence-electron chi connectivity index (χ4n) is 1.39. The summed E-state index contributed by atoms with van der Waals surface area (Å²) in [6, 6.07) is 6.31. The number of benzene rings is 1. The average Bonchev–Trinajstić information content (AvgIpc) is 2.35. The minimum absolute atomic E-state index is 0.0549. The highest BCUT2D eigenvalue weighted by atomic mass is 32.2.